The topological polar surface area (TPSA) is 24.7 Å². The summed E-state index contributed by atoms with van der Waals surface area (Å²) in [6, 6.07) is 0. The summed E-state index contributed by atoms with van der Waals surface area (Å²) in [4.78, 5) is 8.69. The first kappa shape index (κ1) is 16.2. The molecule has 0 unspecified atom stereocenters. The number of hydrogen-bond acceptors (Lipinski definition) is 3. The van der Waals surface area contributed by atoms with Gasteiger partial charge in [-0.3, -0.25) is 9.98 Å². The number of hydrogen-bond donors (Lipinski definition) is 0. The van der Waals surface area contributed by atoms with Crippen LogP contribution in [0.2, 0.25) is 0 Å². The first-order chi connectivity index (χ1) is 8.19. The van der Waals surface area contributed by atoms with Crippen LogP contribution in [0.4, 0.5) is 0 Å². The lowest BCUT2D eigenvalue weighted by atomic mass is 10.0. The number of nitrogens with zero attached hydrogens (tertiary/aromatic N) is 2. The van der Waals surface area contributed by atoms with E-state index in [4.69, 9.17) is 0 Å². The Labute approximate surface area is 110 Å². The normalized spacial score (nSPS) is 14.8. The van der Waals surface area contributed by atoms with Crippen LogP contribution in [0, 0.1) is 0 Å². The molecule has 0 atom stereocenters. The Bertz CT molecular complexity index is 325. The van der Waals surface area contributed by atoms with Crippen molar-refractivity contribution in [1.82, 2.24) is 0 Å². The van der Waals surface area contributed by atoms with Crippen LogP contribution in [0.3, 0.4) is 0 Å². The minimum atomic E-state index is 1.04. The summed E-state index contributed by atoms with van der Waals surface area (Å²) in [7, 11) is 1.86. The SMILES string of the molecule is C/C=C(/C=C/N=C(C)SC)C(CCCC)=NC. The molecule has 0 aromatic rings. The van der Waals surface area contributed by atoms with Gasteiger partial charge in [0.1, 0.15) is 0 Å². The van der Waals surface area contributed by atoms with E-state index in [0.717, 1.165) is 11.5 Å². The van der Waals surface area contributed by atoms with Gasteiger partial charge in [-0.2, -0.15) is 0 Å². The first-order valence-corrected chi connectivity index (χ1v) is 7.29. The fourth-order valence-corrected chi connectivity index (χ4v) is 1.53. The van der Waals surface area contributed by atoms with E-state index in [-0.39, 0.29) is 0 Å². The van der Waals surface area contributed by atoms with Crippen molar-refractivity contribution in [2.24, 2.45) is 9.98 Å². The molecule has 0 fully saturated rings. The van der Waals surface area contributed by atoms with Crippen LogP contribution in [0.15, 0.2) is 33.9 Å². The minimum Gasteiger partial charge on any atom is -0.292 e. The van der Waals surface area contributed by atoms with Gasteiger partial charge in [0.05, 0.1) is 5.04 Å². The van der Waals surface area contributed by atoms with Gasteiger partial charge in [0.2, 0.25) is 0 Å². The van der Waals surface area contributed by atoms with Gasteiger partial charge in [-0.25, -0.2) is 0 Å². The summed E-state index contributed by atoms with van der Waals surface area (Å²) in [6.45, 7) is 6.25. The lowest BCUT2D eigenvalue weighted by molar-refractivity contribution is 0.834. The second-order valence-corrected chi connectivity index (χ2v) is 4.68. The quantitative estimate of drug-likeness (QED) is 0.388. The number of allylic oxidation sites excluding steroid dienone is 3. The zero-order chi connectivity index (χ0) is 13.1. The van der Waals surface area contributed by atoms with Gasteiger partial charge in [0.25, 0.3) is 0 Å². The maximum absolute atomic E-state index is 4.36. The molecule has 3 heteroatoms. The summed E-state index contributed by atoms with van der Waals surface area (Å²) < 4.78 is 0. The standard InChI is InChI=1S/C14H24N2S/c1-6-8-9-14(15-4)13(7-2)10-11-16-12(3)17-5/h7,10-11H,6,8-9H2,1-5H3/b11-10+,13-7-,15-14?,16-12?. The molecule has 0 saturated heterocycles. The number of thioether (sulfide) groups is 1. The van der Waals surface area contributed by atoms with E-state index in [1.54, 1.807) is 11.8 Å². The van der Waals surface area contributed by atoms with E-state index in [2.05, 4.69) is 23.0 Å². The van der Waals surface area contributed by atoms with Crippen molar-refractivity contribution >= 4 is 22.5 Å². The van der Waals surface area contributed by atoms with E-state index < -0.39 is 0 Å². The highest BCUT2D eigenvalue weighted by Gasteiger charge is 2.01. The molecule has 2 nitrogen and oxygen atoms in total. The lowest BCUT2D eigenvalue weighted by Crippen LogP contribution is -2.00. The second kappa shape index (κ2) is 10.3. The highest BCUT2D eigenvalue weighted by atomic mass is 32.2. The smallest absolute Gasteiger partial charge is 0.0697 e. The molecule has 0 aliphatic heterocycles. The van der Waals surface area contributed by atoms with E-state index in [1.165, 1.54) is 24.1 Å². The Hall–Kier alpha value is -0.830. The summed E-state index contributed by atoms with van der Waals surface area (Å²) in [5.41, 5.74) is 2.35. The summed E-state index contributed by atoms with van der Waals surface area (Å²) >= 11 is 1.66. The summed E-state index contributed by atoms with van der Waals surface area (Å²) in [5.74, 6) is 0. The van der Waals surface area contributed by atoms with Crippen LogP contribution in [0.5, 0.6) is 0 Å². The molecule has 0 radical (unpaired) electrons. The van der Waals surface area contributed by atoms with Crippen LogP contribution < -0.4 is 0 Å². The highest BCUT2D eigenvalue weighted by Crippen LogP contribution is 2.09. The lowest BCUT2D eigenvalue weighted by Gasteiger charge is -2.05. The van der Waals surface area contributed by atoms with Crippen molar-refractivity contribution in [2.75, 3.05) is 13.3 Å². The molecule has 0 saturated carbocycles. The van der Waals surface area contributed by atoms with Gasteiger partial charge in [0, 0.05) is 19.0 Å². The zero-order valence-electron chi connectivity index (χ0n) is 11.7. The fourth-order valence-electron chi connectivity index (χ4n) is 1.36. The van der Waals surface area contributed by atoms with E-state index >= 15 is 0 Å². The Morgan fingerprint density at radius 3 is 2.53 bits per heavy atom. The maximum Gasteiger partial charge on any atom is 0.0697 e. The third-order valence-corrected chi connectivity index (χ3v) is 3.18. The monoisotopic (exact) mass is 252 g/mol. The molecule has 0 rings (SSSR count). The van der Waals surface area contributed by atoms with Gasteiger partial charge in [-0.05, 0) is 44.6 Å². The molecule has 0 aliphatic rings. The molecule has 0 aromatic heterocycles. The molecule has 0 amide bonds. The Kier molecular flexibility index (Phi) is 9.83. The van der Waals surface area contributed by atoms with Crippen LogP contribution in [-0.2, 0) is 0 Å². The average Bonchev–Trinajstić information content (AvgIpc) is 2.36. The van der Waals surface area contributed by atoms with Gasteiger partial charge in [-0.1, -0.05) is 19.4 Å². The van der Waals surface area contributed by atoms with Crippen molar-refractivity contribution < 1.29 is 0 Å². The minimum absolute atomic E-state index is 1.04. The van der Waals surface area contributed by atoms with Crippen molar-refractivity contribution in [3.63, 3.8) is 0 Å². The average molecular weight is 252 g/mol. The van der Waals surface area contributed by atoms with E-state index in [1.807, 2.05) is 39.4 Å². The Balaban J connectivity index is 4.62. The first-order valence-electron chi connectivity index (χ1n) is 6.06. The Morgan fingerprint density at radius 2 is 2.06 bits per heavy atom. The maximum atomic E-state index is 4.36. The second-order valence-electron chi connectivity index (χ2n) is 3.69. The number of rotatable bonds is 6. The molecule has 96 valence electrons. The molecular weight excluding hydrogens is 228 g/mol. The van der Waals surface area contributed by atoms with E-state index in [9.17, 15) is 0 Å². The third kappa shape index (κ3) is 7.16. The van der Waals surface area contributed by atoms with Gasteiger partial charge >= 0.3 is 0 Å². The van der Waals surface area contributed by atoms with Crippen LogP contribution in [-0.4, -0.2) is 24.1 Å². The number of aliphatic imine (C=N–C) groups is 2. The van der Waals surface area contributed by atoms with E-state index in [0.29, 0.717) is 0 Å². The van der Waals surface area contributed by atoms with Crippen molar-refractivity contribution in [3.8, 4) is 0 Å². The van der Waals surface area contributed by atoms with Crippen molar-refractivity contribution in [1.29, 1.82) is 0 Å². The molecule has 0 heterocycles. The zero-order valence-corrected chi connectivity index (χ0v) is 12.5. The fraction of sp³-hybridized carbons (Fsp3) is 0.571. The third-order valence-electron chi connectivity index (χ3n) is 2.49. The van der Waals surface area contributed by atoms with Crippen LogP contribution >= 0.6 is 11.8 Å². The van der Waals surface area contributed by atoms with Gasteiger partial charge in [0.15, 0.2) is 0 Å². The number of unbranched alkanes of at least 4 members (excludes halogenated alkanes) is 1. The molecule has 0 aromatic carbocycles. The van der Waals surface area contributed by atoms with Gasteiger partial charge < -0.3 is 0 Å². The highest BCUT2D eigenvalue weighted by molar-refractivity contribution is 8.13. The summed E-state index contributed by atoms with van der Waals surface area (Å²) in [6.07, 6.45) is 11.5. The molecular formula is C14H24N2S. The van der Waals surface area contributed by atoms with Crippen LogP contribution in [0.25, 0.3) is 0 Å². The predicted molar refractivity (Wildman–Crippen MR) is 82.4 cm³/mol. The van der Waals surface area contributed by atoms with Crippen molar-refractivity contribution in [3.05, 3.63) is 23.9 Å². The molecule has 0 aliphatic carbocycles. The molecule has 0 bridgehead atoms. The molecule has 0 spiro atoms. The molecule has 0 N–H and O–H groups in total. The Morgan fingerprint density at radius 1 is 1.35 bits per heavy atom. The predicted octanol–water partition coefficient (Wildman–Crippen LogP) is 4.49. The van der Waals surface area contributed by atoms with Crippen molar-refractivity contribution in [2.45, 2.75) is 40.0 Å². The molecule has 17 heavy (non-hydrogen) atoms. The largest absolute Gasteiger partial charge is 0.292 e. The van der Waals surface area contributed by atoms with Gasteiger partial charge in [-0.15, -0.1) is 11.8 Å². The van der Waals surface area contributed by atoms with Crippen LogP contribution in [0.1, 0.15) is 40.0 Å². The summed E-state index contributed by atoms with van der Waals surface area (Å²) in [5, 5.41) is 1.07.